The molecule has 3 rings (SSSR count). The molecule has 2 fully saturated rings. The van der Waals surface area contributed by atoms with Crippen LogP contribution in [-0.4, -0.2) is 79.4 Å². The van der Waals surface area contributed by atoms with Crippen LogP contribution in [0.3, 0.4) is 0 Å². The number of piperazine rings is 1. The van der Waals surface area contributed by atoms with Crippen molar-refractivity contribution >= 4 is 23.4 Å². The minimum atomic E-state index is -0.232. The van der Waals surface area contributed by atoms with Gasteiger partial charge in [-0.05, 0) is 44.7 Å². The Morgan fingerprint density at radius 2 is 1.40 bits per heavy atom. The lowest BCUT2D eigenvalue weighted by molar-refractivity contribution is -0.126. The van der Waals surface area contributed by atoms with E-state index < -0.39 is 0 Å². The van der Waals surface area contributed by atoms with Gasteiger partial charge in [-0.2, -0.15) is 0 Å². The van der Waals surface area contributed by atoms with Crippen LogP contribution in [0.15, 0.2) is 12.1 Å². The normalized spacial score (nSPS) is 17.4. The predicted octanol–water partition coefficient (Wildman–Crippen LogP) is 0.563. The number of nitrogens with zero attached hydrogens (tertiary/aromatic N) is 2. The van der Waals surface area contributed by atoms with Gasteiger partial charge >= 0.3 is 0 Å². The molecule has 0 atom stereocenters. The average molecular weight is 416 g/mol. The van der Waals surface area contributed by atoms with Crippen molar-refractivity contribution in [2.24, 2.45) is 0 Å². The molecule has 8 nitrogen and oxygen atoms in total. The summed E-state index contributed by atoms with van der Waals surface area (Å²) in [7, 11) is 0. The van der Waals surface area contributed by atoms with Gasteiger partial charge in [0.15, 0.2) is 0 Å². The van der Waals surface area contributed by atoms with Gasteiger partial charge in [0.05, 0.1) is 19.6 Å². The van der Waals surface area contributed by atoms with Crippen molar-refractivity contribution in [3.63, 3.8) is 0 Å². The lowest BCUT2D eigenvalue weighted by atomic mass is 10.1. The first-order chi connectivity index (χ1) is 14.3. The summed E-state index contributed by atoms with van der Waals surface area (Å²) >= 11 is 0. The third kappa shape index (κ3) is 6.81. The summed E-state index contributed by atoms with van der Waals surface area (Å²) in [5, 5.41) is 8.60. The van der Waals surface area contributed by atoms with Crippen LogP contribution >= 0.6 is 0 Å². The van der Waals surface area contributed by atoms with Crippen LogP contribution in [0.4, 0.5) is 5.69 Å². The molecular formula is C22H33N5O3. The number of rotatable bonds is 8. The molecule has 1 aliphatic carbocycles. The second-order valence-electron chi connectivity index (χ2n) is 8.49. The van der Waals surface area contributed by atoms with Gasteiger partial charge in [0, 0.05) is 37.9 Å². The van der Waals surface area contributed by atoms with Gasteiger partial charge in [-0.3, -0.25) is 24.2 Å². The molecule has 1 aromatic carbocycles. The van der Waals surface area contributed by atoms with Crippen LogP contribution in [0.5, 0.6) is 0 Å². The van der Waals surface area contributed by atoms with Crippen LogP contribution in [0.25, 0.3) is 0 Å². The fraction of sp³-hybridized carbons (Fsp3) is 0.591. The number of amides is 3. The van der Waals surface area contributed by atoms with Crippen LogP contribution in [0, 0.1) is 20.8 Å². The van der Waals surface area contributed by atoms with E-state index in [0.29, 0.717) is 12.6 Å². The largest absolute Gasteiger partial charge is 0.352 e. The van der Waals surface area contributed by atoms with Crippen molar-refractivity contribution in [3.8, 4) is 0 Å². The minimum Gasteiger partial charge on any atom is -0.352 e. The smallest absolute Gasteiger partial charge is 0.243 e. The Morgan fingerprint density at radius 3 is 1.93 bits per heavy atom. The van der Waals surface area contributed by atoms with E-state index in [1.54, 1.807) is 0 Å². The van der Waals surface area contributed by atoms with E-state index in [9.17, 15) is 14.4 Å². The molecule has 1 aliphatic heterocycles. The molecule has 1 aromatic rings. The highest BCUT2D eigenvalue weighted by atomic mass is 16.2. The van der Waals surface area contributed by atoms with Crippen molar-refractivity contribution < 1.29 is 14.4 Å². The van der Waals surface area contributed by atoms with Crippen LogP contribution in [0.2, 0.25) is 0 Å². The van der Waals surface area contributed by atoms with Gasteiger partial charge in [-0.25, -0.2) is 0 Å². The van der Waals surface area contributed by atoms with Gasteiger partial charge in [-0.15, -0.1) is 0 Å². The molecule has 1 heterocycles. The maximum Gasteiger partial charge on any atom is 0.243 e. The number of carbonyl (C=O) groups is 3. The van der Waals surface area contributed by atoms with E-state index in [4.69, 9.17) is 0 Å². The summed E-state index contributed by atoms with van der Waals surface area (Å²) in [4.78, 5) is 40.5. The van der Waals surface area contributed by atoms with Crippen LogP contribution in [-0.2, 0) is 14.4 Å². The van der Waals surface area contributed by atoms with Crippen molar-refractivity contribution in [2.45, 2.75) is 39.7 Å². The topological polar surface area (TPSA) is 93.8 Å². The first-order valence-electron chi connectivity index (χ1n) is 10.7. The molecule has 0 spiro atoms. The van der Waals surface area contributed by atoms with E-state index in [2.05, 4.69) is 25.8 Å². The summed E-state index contributed by atoms with van der Waals surface area (Å²) in [5.41, 5.74) is 3.98. The zero-order chi connectivity index (χ0) is 21.7. The Hall–Kier alpha value is -2.45. The van der Waals surface area contributed by atoms with Gasteiger partial charge in [0.2, 0.25) is 17.7 Å². The number of anilines is 1. The van der Waals surface area contributed by atoms with Gasteiger partial charge in [-0.1, -0.05) is 17.7 Å². The number of carbonyl (C=O) groups excluding carboxylic acids is 3. The Morgan fingerprint density at radius 1 is 0.867 bits per heavy atom. The van der Waals surface area contributed by atoms with Crippen molar-refractivity contribution in [1.82, 2.24) is 20.4 Å². The second-order valence-corrected chi connectivity index (χ2v) is 8.49. The first-order valence-corrected chi connectivity index (χ1v) is 10.7. The molecule has 30 heavy (non-hydrogen) atoms. The molecule has 1 saturated carbocycles. The monoisotopic (exact) mass is 415 g/mol. The molecule has 2 aliphatic rings. The first kappa shape index (κ1) is 22.2. The number of aryl methyl sites for hydroxylation is 3. The minimum absolute atomic E-state index is 0.0487. The summed E-state index contributed by atoms with van der Waals surface area (Å²) in [6, 6.07) is 4.44. The molecule has 8 heteroatoms. The number of benzene rings is 1. The maximum absolute atomic E-state index is 12.2. The Labute approximate surface area is 178 Å². The third-order valence-corrected chi connectivity index (χ3v) is 5.53. The second kappa shape index (κ2) is 10.0. The van der Waals surface area contributed by atoms with Gasteiger partial charge < -0.3 is 16.0 Å². The fourth-order valence-corrected chi connectivity index (χ4v) is 3.81. The van der Waals surface area contributed by atoms with Crippen LogP contribution < -0.4 is 16.0 Å². The molecule has 0 bridgehead atoms. The van der Waals surface area contributed by atoms with Crippen molar-refractivity contribution in [2.75, 3.05) is 51.1 Å². The van der Waals surface area contributed by atoms with E-state index >= 15 is 0 Å². The molecular weight excluding hydrogens is 382 g/mol. The summed E-state index contributed by atoms with van der Waals surface area (Å²) in [5.74, 6) is -0.305. The van der Waals surface area contributed by atoms with Gasteiger partial charge in [0.25, 0.3) is 0 Å². The quantitative estimate of drug-likeness (QED) is 0.577. The van der Waals surface area contributed by atoms with Crippen LogP contribution in [0.1, 0.15) is 29.5 Å². The average Bonchev–Trinajstić information content (AvgIpc) is 3.48. The lowest BCUT2D eigenvalue weighted by Gasteiger charge is -2.33. The summed E-state index contributed by atoms with van der Waals surface area (Å²) < 4.78 is 0. The molecule has 1 saturated heterocycles. The number of nitrogens with one attached hydrogen (secondary N) is 3. The van der Waals surface area contributed by atoms with E-state index in [0.717, 1.165) is 61.4 Å². The Balaban J connectivity index is 1.34. The zero-order valence-corrected chi connectivity index (χ0v) is 18.2. The molecule has 0 radical (unpaired) electrons. The number of hydrogen-bond acceptors (Lipinski definition) is 5. The van der Waals surface area contributed by atoms with E-state index in [1.165, 1.54) is 0 Å². The molecule has 3 amide bonds. The number of hydrogen-bond donors (Lipinski definition) is 3. The standard InChI is InChI=1S/C22H33N5O3/c1-15-10-16(2)22(17(3)11-15)25-19(28)12-23-20(29)13-26-6-8-27(9-7-26)14-21(30)24-18-4-5-18/h10-11,18H,4-9,12-14H2,1-3H3,(H,23,29)(H,24,30)(H,25,28). The Bertz CT molecular complexity index is 775. The molecule has 0 unspecified atom stereocenters. The Kier molecular flexibility index (Phi) is 7.44. The van der Waals surface area contributed by atoms with Crippen molar-refractivity contribution in [1.29, 1.82) is 0 Å². The lowest BCUT2D eigenvalue weighted by Crippen LogP contribution is -2.52. The van der Waals surface area contributed by atoms with Crippen molar-refractivity contribution in [3.05, 3.63) is 28.8 Å². The molecule has 164 valence electrons. The maximum atomic E-state index is 12.2. The fourth-order valence-electron chi connectivity index (χ4n) is 3.81. The predicted molar refractivity (Wildman–Crippen MR) is 116 cm³/mol. The highest BCUT2D eigenvalue weighted by molar-refractivity contribution is 5.96. The van der Waals surface area contributed by atoms with Gasteiger partial charge in [0.1, 0.15) is 0 Å². The highest BCUT2D eigenvalue weighted by Gasteiger charge is 2.25. The molecule has 0 aromatic heterocycles. The SMILES string of the molecule is Cc1cc(C)c(NC(=O)CNC(=O)CN2CCN(CC(=O)NC3CC3)CC2)c(C)c1. The van der Waals surface area contributed by atoms with E-state index in [-0.39, 0.29) is 30.8 Å². The highest BCUT2D eigenvalue weighted by Crippen LogP contribution is 2.21. The van der Waals surface area contributed by atoms with E-state index in [1.807, 2.05) is 32.9 Å². The zero-order valence-electron chi connectivity index (χ0n) is 18.2. The summed E-state index contributed by atoms with van der Waals surface area (Å²) in [6.07, 6.45) is 2.19. The molecule has 3 N–H and O–H groups in total. The summed E-state index contributed by atoms with van der Waals surface area (Å²) in [6.45, 7) is 9.58. The third-order valence-electron chi connectivity index (χ3n) is 5.53.